The molecule has 1 aliphatic rings. The summed E-state index contributed by atoms with van der Waals surface area (Å²) in [7, 11) is 0. The van der Waals surface area contributed by atoms with E-state index in [2.05, 4.69) is 32.3 Å². The third kappa shape index (κ3) is 5.66. The molecule has 1 atom stereocenters. The summed E-state index contributed by atoms with van der Waals surface area (Å²) in [6.07, 6.45) is 5.44. The first-order chi connectivity index (χ1) is 15.2. The summed E-state index contributed by atoms with van der Waals surface area (Å²) in [4.78, 5) is 23.8. The number of piperidine rings is 1. The summed E-state index contributed by atoms with van der Waals surface area (Å²) < 4.78 is 13.2. The third-order valence-corrected chi connectivity index (χ3v) is 5.64. The van der Waals surface area contributed by atoms with Gasteiger partial charge in [0.2, 0.25) is 5.91 Å². The Morgan fingerprint density at radius 2 is 1.90 bits per heavy atom. The van der Waals surface area contributed by atoms with Crippen molar-refractivity contribution < 1.29 is 9.18 Å². The molecule has 31 heavy (non-hydrogen) atoms. The van der Waals surface area contributed by atoms with E-state index < -0.39 is 0 Å². The average Bonchev–Trinajstić information content (AvgIpc) is 2.83. The van der Waals surface area contributed by atoms with Gasteiger partial charge in [-0.3, -0.25) is 4.79 Å². The van der Waals surface area contributed by atoms with Crippen molar-refractivity contribution in [2.45, 2.75) is 25.7 Å². The molecule has 0 radical (unpaired) electrons. The van der Waals surface area contributed by atoms with Gasteiger partial charge in [-0.15, -0.1) is 0 Å². The van der Waals surface area contributed by atoms with Gasteiger partial charge in [0, 0.05) is 31.4 Å². The normalized spacial score (nSPS) is 16.2. The van der Waals surface area contributed by atoms with Crippen molar-refractivity contribution in [3.8, 4) is 11.4 Å². The Kier molecular flexibility index (Phi) is 6.87. The van der Waals surface area contributed by atoms with Gasteiger partial charge in [0.05, 0.1) is 5.92 Å². The van der Waals surface area contributed by atoms with Crippen LogP contribution in [0.1, 0.15) is 24.8 Å². The monoisotopic (exact) mass is 418 g/mol. The lowest BCUT2D eigenvalue weighted by atomic mass is 9.97. The van der Waals surface area contributed by atoms with Gasteiger partial charge in [-0.1, -0.05) is 30.3 Å². The molecule has 0 aliphatic carbocycles. The number of nitrogens with zero attached hydrogens (tertiary/aromatic N) is 3. The zero-order valence-corrected chi connectivity index (χ0v) is 17.5. The van der Waals surface area contributed by atoms with E-state index in [0.29, 0.717) is 18.9 Å². The molecule has 5 nitrogen and oxygen atoms in total. The number of carbonyl (C=O) groups is 1. The smallest absolute Gasteiger partial charge is 0.224 e. The number of hydrogen-bond acceptors (Lipinski definition) is 4. The summed E-state index contributed by atoms with van der Waals surface area (Å²) in [5.74, 6) is 1.15. The third-order valence-electron chi connectivity index (χ3n) is 5.64. The van der Waals surface area contributed by atoms with E-state index in [4.69, 9.17) is 0 Å². The highest BCUT2D eigenvalue weighted by Crippen LogP contribution is 2.24. The van der Waals surface area contributed by atoms with Gasteiger partial charge in [0.25, 0.3) is 0 Å². The largest absolute Gasteiger partial charge is 0.356 e. The van der Waals surface area contributed by atoms with Gasteiger partial charge < -0.3 is 10.2 Å². The van der Waals surface area contributed by atoms with E-state index in [0.717, 1.165) is 43.6 Å². The van der Waals surface area contributed by atoms with Crippen LogP contribution in [0.4, 0.5) is 10.2 Å². The molecule has 1 aromatic heterocycles. The molecule has 2 heterocycles. The van der Waals surface area contributed by atoms with E-state index in [9.17, 15) is 9.18 Å². The van der Waals surface area contributed by atoms with E-state index >= 15 is 0 Å². The highest BCUT2D eigenvalue weighted by molar-refractivity contribution is 5.79. The number of amides is 1. The molecule has 3 aromatic rings. The van der Waals surface area contributed by atoms with Gasteiger partial charge in [0.15, 0.2) is 5.82 Å². The van der Waals surface area contributed by atoms with Gasteiger partial charge >= 0.3 is 0 Å². The Morgan fingerprint density at radius 3 is 2.71 bits per heavy atom. The van der Waals surface area contributed by atoms with Crippen LogP contribution in [0.25, 0.3) is 11.4 Å². The fourth-order valence-corrected chi connectivity index (χ4v) is 3.96. The first-order valence-corrected chi connectivity index (χ1v) is 10.8. The molecule has 160 valence electrons. The van der Waals surface area contributed by atoms with Crippen molar-refractivity contribution in [1.82, 2.24) is 15.3 Å². The van der Waals surface area contributed by atoms with Crippen LogP contribution in [0.5, 0.6) is 0 Å². The van der Waals surface area contributed by atoms with E-state index in [-0.39, 0.29) is 17.6 Å². The lowest BCUT2D eigenvalue weighted by Crippen LogP contribution is -2.43. The van der Waals surface area contributed by atoms with Crippen LogP contribution in [0.2, 0.25) is 0 Å². The molecule has 0 spiro atoms. The average molecular weight is 419 g/mol. The minimum atomic E-state index is -0.284. The predicted molar refractivity (Wildman–Crippen MR) is 120 cm³/mol. The van der Waals surface area contributed by atoms with Crippen LogP contribution in [-0.2, 0) is 11.2 Å². The molecule has 1 fully saturated rings. The second kappa shape index (κ2) is 10.2. The fraction of sp³-hybridized carbons (Fsp3) is 0.320. The zero-order chi connectivity index (χ0) is 21.5. The molecule has 4 rings (SSSR count). The van der Waals surface area contributed by atoms with Crippen LogP contribution < -0.4 is 10.2 Å². The minimum absolute atomic E-state index is 0.0466. The molecular weight excluding hydrogens is 391 g/mol. The van der Waals surface area contributed by atoms with Crippen molar-refractivity contribution in [2.75, 3.05) is 24.5 Å². The molecule has 1 aliphatic heterocycles. The number of halogens is 1. The standard InChI is InChI=1S/C25H27FN4O/c26-22-12-10-20(11-13-22)24-27-16-14-23(29-24)30-17-5-9-21(18-30)25(31)28-15-4-8-19-6-2-1-3-7-19/h1-3,6-7,10-14,16,21H,4-5,8-9,15,17-18H2,(H,28,31)/t21-/m0/s1. The van der Waals surface area contributed by atoms with Crippen molar-refractivity contribution in [3.05, 3.63) is 78.2 Å². The maximum Gasteiger partial charge on any atom is 0.224 e. The predicted octanol–water partition coefficient (Wildman–Crippen LogP) is 4.25. The molecule has 2 aromatic carbocycles. The summed E-state index contributed by atoms with van der Waals surface area (Å²) in [5.41, 5.74) is 2.06. The number of hydrogen-bond donors (Lipinski definition) is 1. The Morgan fingerprint density at radius 1 is 1.10 bits per heavy atom. The molecule has 0 bridgehead atoms. The second-order valence-electron chi connectivity index (χ2n) is 7.91. The topological polar surface area (TPSA) is 58.1 Å². The summed E-state index contributed by atoms with van der Waals surface area (Å²) >= 11 is 0. The summed E-state index contributed by atoms with van der Waals surface area (Å²) in [5, 5.41) is 3.10. The molecule has 1 saturated heterocycles. The van der Waals surface area contributed by atoms with Gasteiger partial charge in [-0.05, 0) is 61.6 Å². The molecule has 1 amide bonds. The first kappa shape index (κ1) is 21.0. The number of benzene rings is 2. The lowest BCUT2D eigenvalue weighted by molar-refractivity contribution is -0.125. The van der Waals surface area contributed by atoms with Gasteiger partial charge in [0.1, 0.15) is 11.6 Å². The molecular formula is C25H27FN4O. The summed E-state index contributed by atoms with van der Waals surface area (Å²) in [6.45, 7) is 2.19. The molecule has 0 unspecified atom stereocenters. The number of carbonyl (C=O) groups excluding carboxylic acids is 1. The van der Waals surface area contributed by atoms with Crippen molar-refractivity contribution in [2.24, 2.45) is 5.92 Å². The van der Waals surface area contributed by atoms with E-state index in [1.54, 1.807) is 18.3 Å². The number of nitrogens with one attached hydrogen (secondary N) is 1. The fourth-order valence-electron chi connectivity index (χ4n) is 3.96. The van der Waals surface area contributed by atoms with Crippen molar-refractivity contribution >= 4 is 11.7 Å². The lowest BCUT2D eigenvalue weighted by Gasteiger charge is -2.33. The quantitative estimate of drug-likeness (QED) is 0.583. The van der Waals surface area contributed by atoms with Crippen LogP contribution in [-0.4, -0.2) is 35.5 Å². The SMILES string of the molecule is O=C(NCCCc1ccccc1)[C@H]1CCCN(c2ccnc(-c3ccc(F)cc3)n2)C1. The van der Waals surface area contributed by atoms with Crippen LogP contribution in [0.15, 0.2) is 66.9 Å². The highest BCUT2D eigenvalue weighted by Gasteiger charge is 2.26. The van der Waals surface area contributed by atoms with Gasteiger partial charge in [-0.25, -0.2) is 14.4 Å². The molecule has 6 heteroatoms. The maximum absolute atomic E-state index is 13.2. The summed E-state index contributed by atoms with van der Waals surface area (Å²) in [6, 6.07) is 18.4. The Bertz CT molecular complexity index is 994. The highest BCUT2D eigenvalue weighted by atomic mass is 19.1. The van der Waals surface area contributed by atoms with E-state index in [1.807, 2.05) is 24.3 Å². The number of rotatable bonds is 7. The van der Waals surface area contributed by atoms with Crippen molar-refractivity contribution in [1.29, 1.82) is 0 Å². The maximum atomic E-state index is 13.2. The van der Waals surface area contributed by atoms with Crippen LogP contribution in [0, 0.1) is 11.7 Å². The van der Waals surface area contributed by atoms with Crippen LogP contribution in [0.3, 0.4) is 0 Å². The second-order valence-corrected chi connectivity index (χ2v) is 7.91. The molecule has 0 saturated carbocycles. The number of anilines is 1. The van der Waals surface area contributed by atoms with Crippen LogP contribution >= 0.6 is 0 Å². The van der Waals surface area contributed by atoms with E-state index in [1.165, 1.54) is 17.7 Å². The minimum Gasteiger partial charge on any atom is -0.356 e. The van der Waals surface area contributed by atoms with Crippen molar-refractivity contribution in [3.63, 3.8) is 0 Å². The Hall–Kier alpha value is -3.28. The number of aromatic nitrogens is 2. The Labute approximate surface area is 182 Å². The number of aryl methyl sites for hydroxylation is 1. The first-order valence-electron chi connectivity index (χ1n) is 10.8. The zero-order valence-electron chi connectivity index (χ0n) is 17.5. The van der Waals surface area contributed by atoms with Gasteiger partial charge in [-0.2, -0.15) is 0 Å². The Balaban J connectivity index is 1.32. The molecule has 1 N–H and O–H groups in total.